The van der Waals surface area contributed by atoms with Crippen LogP contribution in [0.4, 0.5) is 0 Å². The van der Waals surface area contributed by atoms with Crippen LogP contribution in [0.3, 0.4) is 0 Å². The van der Waals surface area contributed by atoms with Crippen LogP contribution in [0.2, 0.25) is 0 Å². The lowest BCUT2D eigenvalue weighted by atomic mass is 10.1. The van der Waals surface area contributed by atoms with Crippen molar-refractivity contribution in [2.24, 2.45) is 0 Å². The molecule has 20 heavy (non-hydrogen) atoms. The van der Waals surface area contributed by atoms with E-state index in [-0.39, 0.29) is 0 Å². The van der Waals surface area contributed by atoms with Crippen molar-refractivity contribution in [3.05, 3.63) is 23.8 Å². The van der Waals surface area contributed by atoms with Crippen molar-refractivity contribution >= 4 is 0 Å². The molecule has 0 aromatic heterocycles. The van der Waals surface area contributed by atoms with Crippen LogP contribution >= 0.6 is 0 Å². The number of fused-ring (bicyclic) bond motifs is 1. The first-order chi connectivity index (χ1) is 9.92. The van der Waals surface area contributed by atoms with E-state index in [1.807, 2.05) is 6.07 Å². The smallest absolute Gasteiger partial charge is 0.161 e. The van der Waals surface area contributed by atoms with E-state index in [1.54, 1.807) is 0 Å². The predicted molar refractivity (Wildman–Crippen MR) is 77.6 cm³/mol. The molecule has 4 nitrogen and oxygen atoms in total. The van der Waals surface area contributed by atoms with Gasteiger partial charge in [-0.15, -0.1) is 0 Å². The Bertz CT molecular complexity index is 430. The van der Waals surface area contributed by atoms with Gasteiger partial charge >= 0.3 is 0 Å². The monoisotopic (exact) mass is 277 g/mol. The summed E-state index contributed by atoms with van der Waals surface area (Å²) in [5, 5.41) is 3.49. The highest BCUT2D eigenvalue weighted by Gasteiger charge is 2.13. The van der Waals surface area contributed by atoms with Gasteiger partial charge in [0.1, 0.15) is 13.2 Å². The van der Waals surface area contributed by atoms with Crippen LogP contribution in [-0.2, 0) is 11.2 Å². The van der Waals surface area contributed by atoms with Crippen LogP contribution in [-0.4, -0.2) is 39.0 Å². The summed E-state index contributed by atoms with van der Waals surface area (Å²) < 4.78 is 16.8. The summed E-state index contributed by atoms with van der Waals surface area (Å²) >= 11 is 0. The van der Waals surface area contributed by atoms with E-state index >= 15 is 0 Å². The molecule has 0 radical (unpaired) electrons. The van der Waals surface area contributed by atoms with E-state index in [2.05, 4.69) is 17.4 Å². The molecule has 0 saturated carbocycles. The summed E-state index contributed by atoms with van der Waals surface area (Å²) in [6.45, 7) is 4.15. The highest BCUT2D eigenvalue weighted by Crippen LogP contribution is 2.30. The maximum atomic E-state index is 5.71. The molecule has 4 heteroatoms. The highest BCUT2D eigenvalue weighted by molar-refractivity contribution is 5.43. The van der Waals surface area contributed by atoms with Crippen molar-refractivity contribution in [2.75, 3.05) is 32.9 Å². The minimum absolute atomic E-state index is 0.406. The molecule has 0 spiro atoms. The van der Waals surface area contributed by atoms with Crippen molar-refractivity contribution in [2.45, 2.75) is 31.8 Å². The third-order valence-corrected chi connectivity index (χ3v) is 3.84. The largest absolute Gasteiger partial charge is 0.486 e. The maximum Gasteiger partial charge on any atom is 0.161 e. The van der Waals surface area contributed by atoms with Gasteiger partial charge < -0.3 is 19.5 Å². The van der Waals surface area contributed by atoms with Gasteiger partial charge in [-0.25, -0.2) is 0 Å². The van der Waals surface area contributed by atoms with E-state index in [0.717, 1.165) is 37.6 Å². The molecule has 1 atom stereocenters. The number of ether oxygens (including phenoxy) is 3. The number of nitrogens with one attached hydrogen (secondary N) is 1. The molecule has 2 aliphatic rings. The number of hydrogen-bond donors (Lipinski definition) is 1. The van der Waals surface area contributed by atoms with Gasteiger partial charge in [0.25, 0.3) is 0 Å². The molecule has 110 valence electrons. The predicted octanol–water partition coefficient (Wildman–Crippen LogP) is 2.16. The quantitative estimate of drug-likeness (QED) is 0.837. The van der Waals surface area contributed by atoms with Gasteiger partial charge in [0.15, 0.2) is 11.5 Å². The number of hydrogen-bond acceptors (Lipinski definition) is 4. The zero-order chi connectivity index (χ0) is 13.6. The summed E-state index contributed by atoms with van der Waals surface area (Å²) in [5.74, 6) is 1.74. The molecule has 0 aliphatic carbocycles. The molecule has 1 fully saturated rings. The van der Waals surface area contributed by atoms with Crippen molar-refractivity contribution in [3.63, 3.8) is 0 Å². The summed E-state index contributed by atoms with van der Waals surface area (Å²) in [7, 11) is 0. The average Bonchev–Trinajstić information content (AvgIpc) is 2.52. The highest BCUT2D eigenvalue weighted by atomic mass is 16.6. The van der Waals surface area contributed by atoms with Gasteiger partial charge in [-0.3, -0.25) is 0 Å². The average molecular weight is 277 g/mol. The van der Waals surface area contributed by atoms with Gasteiger partial charge in [-0.1, -0.05) is 6.07 Å². The third kappa shape index (κ3) is 3.64. The van der Waals surface area contributed by atoms with Crippen molar-refractivity contribution in [1.82, 2.24) is 5.32 Å². The van der Waals surface area contributed by atoms with Crippen molar-refractivity contribution < 1.29 is 14.2 Å². The van der Waals surface area contributed by atoms with Gasteiger partial charge in [-0.05, 0) is 49.9 Å². The first-order valence-corrected chi connectivity index (χ1v) is 7.63. The van der Waals surface area contributed by atoms with E-state index in [0.29, 0.717) is 19.3 Å². The molecule has 0 bridgehead atoms. The maximum absolute atomic E-state index is 5.71. The Morgan fingerprint density at radius 2 is 1.95 bits per heavy atom. The summed E-state index contributed by atoms with van der Waals surface area (Å²) in [6.07, 6.45) is 5.12. The van der Waals surface area contributed by atoms with Crippen molar-refractivity contribution in [3.8, 4) is 11.5 Å². The van der Waals surface area contributed by atoms with Gasteiger partial charge in [-0.2, -0.15) is 0 Å². The molecule has 0 amide bonds. The summed E-state index contributed by atoms with van der Waals surface area (Å²) in [5.41, 5.74) is 1.28. The second-order valence-corrected chi connectivity index (χ2v) is 5.42. The lowest BCUT2D eigenvalue weighted by Crippen LogP contribution is -2.32. The number of rotatable bonds is 5. The first kappa shape index (κ1) is 13.7. The van der Waals surface area contributed by atoms with E-state index in [4.69, 9.17) is 14.2 Å². The third-order valence-electron chi connectivity index (χ3n) is 3.84. The van der Waals surface area contributed by atoms with Gasteiger partial charge in [0.2, 0.25) is 0 Å². The Kier molecular flexibility index (Phi) is 4.77. The minimum atomic E-state index is 0.406. The molecule has 1 saturated heterocycles. The van der Waals surface area contributed by atoms with Crippen LogP contribution < -0.4 is 14.8 Å². The van der Waals surface area contributed by atoms with Gasteiger partial charge in [0.05, 0.1) is 6.10 Å². The topological polar surface area (TPSA) is 39.7 Å². The lowest BCUT2D eigenvalue weighted by molar-refractivity contribution is 0.0171. The first-order valence-electron chi connectivity index (χ1n) is 7.63. The number of benzene rings is 1. The molecule has 1 aromatic carbocycles. The van der Waals surface area contributed by atoms with Crippen LogP contribution in [0, 0.1) is 0 Å². The molecule has 1 aromatic rings. The summed E-state index contributed by atoms with van der Waals surface area (Å²) in [4.78, 5) is 0. The minimum Gasteiger partial charge on any atom is -0.486 e. The Hall–Kier alpha value is -1.26. The fourth-order valence-electron chi connectivity index (χ4n) is 2.71. The van der Waals surface area contributed by atoms with Crippen LogP contribution in [0.1, 0.15) is 24.8 Å². The van der Waals surface area contributed by atoms with Crippen LogP contribution in [0.15, 0.2) is 18.2 Å². The lowest BCUT2D eigenvalue weighted by Gasteiger charge is -2.23. The molecular formula is C16H23NO3. The van der Waals surface area contributed by atoms with E-state index in [1.165, 1.54) is 24.8 Å². The standard InChI is InChI=1S/C16H23NO3/c1-2-8-18-14(3-1)12-17-7-6-13-4-5-15-16(11-13)20-10-9-19-15/h4-5,11,14,17H,1-3,6-10,12H2. The van der Waals surface area contributed by atoms with Crippen LogP contribution in [0.5, 0.6) is 11.5 Å². The Morgan fingerprint density at radius 1 is 1.05 bits per heavy atom. The van der Waals surface area contributed by atoms with Crippen LogP contribution in [0.25, 0.3) is 0 Å². The van der Waals surface area contributed by atoms with Crippen molar-refractivity contribution in [1.29, 1.82) is 0 Å². The normalized spacial score (nSPS) is 21.7. The Balaban J connectivity index is 1.41. The van der Waals surface area contributed by atoms with E-state index < -0.39 is 0 Å². The fraction of sp³-hybridized carbons (Fsp3) is 0.625. The SMILES string of the molecule is c1cc2c(cc1CCNCC1CCCCO1)OCCO2. The zero-order valence-electron chi connectivity index (χ0n) is 11.9. The Morgan fingerprint density at radius 3 is 2.80 bits per heavy atom. The molecule has 3 rings (SSSR count). The second-order valence-electron chi connectivity index (χ2n) is 5.42. The molecule has 1 N–H and O–H groups in total. The summed E-state index contributed by atoms with van der Waals surface area (Å²) in [6, 6.07) is 6.22. The van der Waals surface area contributed by atoms with E-state index in [9.17, 15) is 0 Å². The fourth-order valence-corrected chi connectivity index (χ4v) is 2.71. The molecule has 1 unspecified atom stereocenters. The van der Waals surface area contributed by atoms with Gasteiger partial charge in [0, 0.05) is 13.2 Å². The molecule has 2 aliphatic heterocycles. The zero-order valence-corrected chi connectivity index (χ0v) is 11.9. The molecule has 2 heterocycles. The Labute approximate surface area is 120 Å². The second kappa shape index (κ2) is 6.95. The molecular weight excluding hydrogens is 254 g/mol.